The Morgan fingerprint density at radius 2 is 1.79 bits per heavy atom. The van der Waals surface area contributed by atoms with Gasteiger partial charge in [-0.25, -0.2) is 4.39 Å². The molecule has 0 atom stereocenters. The molecular weight excluding hydrogens is 306 g/mol. The lowest BCUT2D eigenvalue weighted by Gasteiger charge is -2.10. The summed E-state index contributed by atoms with van der Waals surface area (Å²) in [6.07, 6.45) is 0. The highest BCUT2D eigenvalue weighted by Crippen LogP contribution is 2.38. The van der Waals surface area contributed by atoms with Crippen LogP contribution in [0, 0.1) is 5.82 Å². The predicted molar refractivity (Wildman–Crippen MR) is 81.2 cm³/mol. The van der Waals surface area contributed by atoms with E-state index in [-0.39, 0.29) is 16.4 Å². The number of halogens is 3. The first kappa shape index (κ1) is 14.3. The molecule has 2 aromatic rings. The molecule has 100 valence electrons. The largest absolute Gasteiger partial charge is 0.398 e. The van der Waals surface area contributed by atoms with Crippen molar-refractivity contribution in [2.24, 2.45) is 0 Å². The normalized spacial score (nSPS) is 10.7. The standard InChI is InChI=1S/C13H11Cl2FN2S/c14-8-4-2-1-3-7(8)6-19-13-10(18)5-9(17)11(15)12(13)16/h1-5H,6,17-18H2. The van der Waals surface area contributed by atoms with Crippen molar-refractivity contribution in [1.29, 1.82) is 0 Å². The van der Waals surface area contributed by atoms with Gasteiger partial charge >= 0.3 is 0 Å². The monoisotopic (exact) mass is 316 g/mol. The van der Waals surface area contributed by atoms with E-state index in [1.807, 2.05) is 18.2 Å². The van der Waals surface area contributed by atoms with Crippen LogP contribution >= 0.6 is 35.0 Å². The molecule has 0 saturated heterocycles. The average molecular weight is 317 g/mol. The minimum atomic E-state index is -0.587. The Bertz CT molecular complexity index is 620. The zero-order valence-corrected chi connectivity index (χ0v) is 12.1. The molecule has 0 spiro atoms. The summed E-state index contributed by atoms with van der Waals surface area (Å²) >= 11 is 13.1. The van der Waals surface area contributed by atoms with Crippen LogP contribution in [-0.4, -0.2) is 0 Å². The SMILES string of the molecule is Nc1cc(N)c(SCc2ccccc2Cl)c(F)c1Cl. The van der Waals surface area contributed by atoms with Gasteiger partial charge in [0.2, 0.25) is 0 Å². The summed E-state index contributed by atoms with van der Waals surface area (Å²) in [6, 6.07) is 8.83. The summed E-state index contributed by atoms with van der Waals surface area (Å²) in [5, 5.41) is 0.534. The molecule has 0 aliphatic rings. The van der Waals surface area contributed by atoms with Crippen LogP contribution in [0.2, 0.25) is 10.0 Å². The third-order valence-electron chi connectivity index (χ3n) is 2.55. The van der Waals surface area contributed by atoms with Crippen LogP contribution < -0.4 is 11.5 Å². The second-order valence-electron chi connectivity index (χ2n) is 3.89. The van der Waals surface area contributed by atoms with Crippen LogP contribution in [0.25, 0.3) is 0 Å². The van der Waals surface area contributed by atoms with Crippen LogP contribution in [0.15, 0.2) is 35.2 Å². The number of anilines is 2. The molecule has 0 bridgehead atoms. The lowest BCUT2D eigenvalue weighted by atomic mass is 10.2. The van der Waals surface area contributed by atoms with E-state index in [0.717, 1.165) is 5.56 Å². The van der Waals surface area contributed by atoms with E-state index in [0.29, 0.717) is 15.7 Å². The number of hydrogen-bond donors (Lipinski definition) is 2. The van der Waals surface area contributed by atoms with Crippen LogP contribution in [0.5, 0.6) is 0 Å². The third kappa shape index (κ3) is 3.08. The first-order valence-corrected chi connectivity index (χ1v) is 7.14. The first-order valence-electron chi connectivity index (χ1n) is 5.40. The molecule has 0 heterocycles. The molecule has 19 heavy (non-hydrogen) atoms. The highest BCUT2D eigenvalue weighted by atomic mass is 35.5. The van der Waals surface area contributed by atoms with Gasteiger partial charge in [-0.3, -0.25) is 0 Å². The molecule has 2 aromatic carbocycles. The minimum absolute atomic E-state index is 0.101. The molecule has 0 fully saturated rings. The molecule has 0 unspecified atom stereocenters. The summed E-state index contributed by atoms with van der Waals surface area (Å²) in [5.74, 6) is -0.0858. The Kier molecular flexibility index (Phi) is 4.45. The molecule has 4 N–H and O–H groups in total. The van der Waals surface area contributed by atoms with E-state index in [2.05, 4.69) is 0 Å². The highest BCUT2D eigenvalue weighted by Gasteiger charge is 2.15. The Morgan fingerprint density at radius 3 is 2.47 bits per heavy atom. The maximum absolute atomic E-state index is 14.0. The molecule has 6 heteroatoms. The summed E-state index contributed by atoms with van der Waals surface area (Å²) < 4.78 is 14.0. The van der Waals surface area contributed by atoms with Gasteiger partial charge in [0.15, 0.2) is 5.82 Å². The summed E-state index contributed by atoms with van der Waals surface area (Å²) in [4.78, 5) is 0.291. The number of rotatable bonds is 3. The molecule has 2 rings (SSSR count). The second-order valence-corrected chi connectivity index (χ2v) is 5.66. The molecule has 0 amide bonds. The van der Waals surface area contributed by atoms with E-state index >= 15 is 0 Å². The smallest absolute Gasteiger partial charge is 0.159 e. The van der Waals surface area contributed by atoms with Crippen molar-refractivity contribution in [1.82, 2.24) is 0 Å². The van der Waals surface area contributed by atoms with Crippen molar-refractivity contribution in [3.63, 3.8) is 0 Å². The predicted octanol–water partition coefficient (Wildman–Crippen LogP) is 4.59. The molecule has 0 radical (unpaired) electrons. The van der Waals surface area contributed by atoms with E-state index in [1.165, 1.54) is 17.8 Å². The van der Waals surface area contributed by atoms with Crippen LogP contribution in [0.4, 0.5) is 15.8 Å². The van der Waals surface area contributed by atoms with Crippen molar-refractivity contribution in [3.05, 3.63) is 51.8 Å². The Labute approximate surface area is 124 Å². The van der Waals surface area contributed by atoms with Gasteiger partial charge in [-0.15, -0.1) is 11.8 Å². The highest BCUT2D eigenvalue weighted by molar-refractivity contribution is 7.98. The van der Waals surface area contributed by atoms with Crippen molar-refractivity contribution >= 4 is 46.3 Å². The Balaban J connectivity index is 2.26. The van der Waals surface area contributed by atoms with Crippen LogP contribution in [-0.2, 0) is 5.75 Å². The topological polar surface area (TPSA) is 52.0 Å². The molecule has 0 aliphatic heterocycles. The van der Waals surface area contributed by atoms with Gasteiger partial charge < -0.3 is 11.5 Å². The number of hydrogen-bond acceptors (Lipinski definition) is 3. The maximum Gasteiger partial charge on any atom is 0.159 e. The van der Waals surface area contributed by atoms with Crippen LogP contribution in [0.3, 0.4) is 0 Å². The van der Waals surface area contributed by atoms with Gasteiger partial charge in [0.1, 0.15) is 5.02 Å². The first-order chi connectivity index (χ1) is 9.00. The van der Waals surface area contributed by atoms with E-state index in [9.17, 15) is 4.39 Å². The lowest BCUT2D eigenvalue weighted by molar-refractivity contribution is 0.604. The lowest BCUT2D eigenvalue weighted by Crippen LogP contribution is -1.98. The van der Waals surface area contributed by atoms with Crippen molar-refractivity contribution < 1.29 is 4.39 Å². The summed E-state index contributed by atoms with van der Waals surface area (Å²) in [7, 11) is 0. The summed E-state index contributed by atoms with van der Waals surface area (Å²) in [6.45, 7) is 0. The third-order valence-corrected chi connectivity index (χ3v) is 4.46. The zero-order chi connectivity index (χ0) is 14.0. The zero-order valence-electron chi connectivity index (χ0n) is 9.79. The van der Waals surface area contributed by atoms with Gasteiger partial charge in [-0.2, -0.15) is 0 Å². The second kappa shape index (κ2) is 5.90. The Morgan fingerprint density at radius 1 is 1.11 bits per heavy atom. The van der Waals surface area contributed by atoms with Gasteiger partial charge in [0, 0.05) is 10.8 Å². The molecule has 0 saturated carbocycles. The number of thioether (sulfide) groups is 1. The Hall–Kier alpha value is -1.10. The molecule has 2 nitrogen and oxygen atoms in total. The quantitative estimate of drug-likeness (QED) is 0.643. The number of benzene rings is 2. The van der Waals surface area contributed by atoms with Crippen molar-refractivity contribution in [2.45, 2.75) is 10.6 Å². The minimum Gasteiger partial charge on any atom is -0.398 e. The van der Waals surface area contributed by atoms with Crippen LogP contribution in [0.1, 0.15) is 5.56 Å². The van der Waals surface area contributed by atoms with Crippen molar-refractivity contribution in [2.75, 3.05) is 11.5 Å². The number of nitrogen functional groups attached to an aromatic ring is 2. The van der Waals surface area contributed by atoms with E-state index < -0.39 is 5.82 Å². The maximum atomic E-state index is 14.0. The fraction of sp³-hybridized carbons (Fsp3) is 0.0769. The van der Waals surface area contributed by atoms with Gasteiger partial charge in [-0.05, 0) is 17.7 Å². The van der Waals surface area contributed by atoms with E-state index in [4.69, 9.17) is 34.7 Å². The van der Waals surface area contributed by atoms with Crippen molar-refractivity contribution in [3.8, 4) is 0 Å². The molecule has 0 aromatic heterocycles. The molecule has 0 aliphatic carbocycles. The fourth-order valence-electron chi connectivity index (χ4n) is 1.56. The summed E-state index contributed by atoms with van der Waals surface area (Å²) in [5.41, 5.74) is 12.6. The average Bonchev–Trinajstić information content (AvgIpc) is 2.38. The fourth-order valence-corrected chi connectivity index (χ4v) is 3.05. The van der Waals surface area contributed by atoms with Gasteiger partial charge in [0.05, 0.1) is 16.3 Å². The van der Waals surface area contributed by atoms with Gasteiger partial charge in [0.25, 0.3) is 0 Å². The molecular formula is C13H11Cl2FN2S. The van der Waals surface area contributed by atoms with Gasteiger partial charge in [-0.1, -0.05) is 41.4 Å². The van der Waals surface area contributed by atoms with E-state index in [1.54, 1.807) is 6.07 Å². The number of nitrogens with two attached hydrogens (primary N) is 2.